The van der Waals surface area contributed by atoms with Crippen molar-refractivity contribution in [2.75, 3.05) is 6.61 Å². The van der Waals surface area contributed by atoms with Gasteiger partial charge in [-0.2, -0.15) is 4.57 Å². The van der Waals surface area contributed by atoms with Gasteiger partial charge in [0.15, 0.2) is 12.4 Å². The minimum Gasteiger partial charge on any atom is -1.00 e. The first-order valence-corrected chi connectivity index (χ1v) is 14.2. The number of amides is 1. The second kappa shape index (κ2) is 20.7. The van der Waals surface area contributed by atoms with Crippen LogP contribution in [0.1, 0.15) is 109 Å². The van der Waals surface area contributed by atoms with Crippen molar-refractivity contribution in [3.8, 4) is 5.75 Å². The molecule has 1 aromatic heterocycles. The topological polar surface area (TPSA) is 42.2 Å². The minimum atomic E-state index is -0.0580. The number of pyridine rings is 1. The third-order valence-corrected chi connectivity index (χ3v) is 6.72. The molecule has 1 N–H and O–H groups in total. The number of rotatable bonds is 19. The second-order valence-electron chi connectivity index (χ2n) is 9.49. The summed E-state index contributed by atoms with van der Waals surface area (Å²) >= 11 is 6.43. The summed E-state index contributed by atoms with van der Waals surface area (Å²) < 4.78 is 7.90. The Morgan fingerprint density at radius 2 is 1.47 bits per heavy atom. The van der Waals surface area contributed by atoms with E-state index in [0.29, 0.717) is 23.8 Å². The Morgan fingerprint density at radius 1 is 0.889 bits per heavy atom. The smallest absolute Gasteiger partial charge is 0.233 e. The highest BCUT2D eigenvalue weighted by Gasteiger charge is 2.18. The van der Waals surface area contributed by atoms with Gasteiger partial charge in [-0.3, -0.25) is 10.1 Å². The summed E-state index contributed by atoms with van der Waals surface area (Å²) in [7, 11) is 0. The molecule has 0 saturated carbocycles. The van der Waals surface area contributed by atoms with Gasteiger partial charge in [0.25, 0.3) is 0 Å². The Morgan fingerprint density at radius 3 is 2.03 bits per heavy atom. The molecule has 1 aromatic carbocycles. The molecule has 0 radical (unpaired) electrons. The van der Waals surface area contributed by atoms with Crippen LogP contribution in [0.2, 0.25) is 5.02 Å². The van der Waals surface area contributed by atoms with Crippen molar-refractivity contribution in [1.82, 2.24) is 5.32 Å². The Labute approximate surface area is 241 Å². The van der Waals surface area contributed by atoms with E-state index in [-0.39, 0.29) is 36.0 Å². The monoisotopic (exact) mass is 628 g/mol. The molecular formula is C30H46ClIN2O2. The van der Waals surface area contributed by atoms with Crippen LogP contribution in [0, 0.1) is 0 Å². The number of hydrogen-bond donors (Lipinski definition) is 1. The zero-order valence-corrected chi connectivity index (χ0v) is 25.2. The number of ether oxygens (including phenoxy) is 1. The molecule has 36 heavy (non-hydrogen) atoms. The fraction of sp³-hybridized carbons (Fsp3) is 0.600. The molecule has 0 aliphatic carbocycles. The summed E-state index contributed by atoms with van der Waals surface area (Å²) in [5.41, 5.74) is 0.887. The molecule has 2 aromatic rings. The summed E-state index contributed by atoms with van der Waals surface area (Å²) in [5, 5.41) is 3.66. The molecule has 2 rings (SSSR count). The van der Waals surface area contributed by atoms with Crippen molar-refractivity contribution in [1.29, 1.82) is 0 Å². The molecule has 1 atom stereocenters. The lowest BCUT2D eigenvalue weighted by Gasteiger charge is -2.13. The van der Waals surface area contributed by atoms with E-state index < -0.39 is 0 Å². The lowest BCUT2D eigenvalue weighted by Crippen LogP contribution is -3.00. The van der Waals surface area contributed by atoms with Crippen LogP contribution in [0.5, 0.6) is 5.75 Å². The lowest BCUT2D eigenvalue weighted by atomic mass is 10.1. The quantitative estimate of drug-likeness (QED) is 0.136. The minimum absolute atomic E-state index is 0. The molecular weight excluding hydrogens is 583 g/mol. The van der Waals surface area contributed by atoms with Gasteiger partial charge >= 0.3 is 0 Å². The Kier molecular flexibility index (Phi) is 18.8. The van der Waals surface area contributed by atoms with Crippen molar-refractivity contribution in [3.05, 3.63) is 59.4 Å². The van der Waals surface area contributed by atoms with Gasteiger partial charge in [-0.15, -0.1) is 0 Å². The maximum atomic E-state index is 12.6. The number of hydrogen-bond acceptors (Lipinski definition) is 2. The van der Waals surface area contributed by atoms with Crippen LogP contribution in [-0.4, -0.2) is 12.5 Å². The first-order chi connectivity index (χ1) is 17.1. The molecule has 0 saturated heterocycles. The molecule has 0 spiro atoms. The van der Waals surface area contributed by atoms with E-state index >= 15 is 0 Å². The molecule has 1 amide bonds. The van der Waals surface area contributed by atoms with Crippen LogP contribution >= 0.6 is 11.6 Å². The van der Waals surface area contributed by atoms with E-state index in [4.69, 9.17) is 16.3 Å². The molecule has 0 fully saturated rings. The van der Waals surface area contributed by atoms with Crippen molar-refractivity contribution in [2.45, 2.75) is 110 Å². The lowest BCUT2D eigenvalue weighted by molar-refractivity contribution is -0.727. The van der Waals surface area contributed by atoms with Crippen LogP contribution in [0.25, 0.3) is 0 Å². The Bertz CT molecular complexity index is 835. The van der Waals surface area contributed by atoms with Gasteiger partial charge in [-0.1, -0.05) is 108 Å². The van der Waals surface area contributed by atoms with Gasteiger partial charge in [0, 0.05) is 18.6 Å². The molecule has 1 unspecified atom stereocenters. The maximum absolute atomic E-state index is 12.6. The van der Waals surface area contributed by atoms with Gasteiger partial charge in [0.2, 0.25) is 12.1 Å². The highest BCUT2D eigenvalue weighted by Crippen LogP contribution is 2.26. The molecule has 0 bridgehead atoms. The van der Waals surface area contributed by atoms with Gasteiger partial charge in [-0.05, 0) is 24.1 Å². The Balaban J connectivity index is 0.00000648. The van der Waals surface area contributed by atoms with Gasteiger partial charge < -0.3 is 28.7 Å². The Hall–Kier alpha value is -1.34. The maximum Gasteiger partial charge on any atom is 0.233 e. The van der Waals surface area contributed by atoms with E-state index in [1.807, 2.05) is 53.4 Å². The fourth-order valence-corrected chi connectivity index (χ4v) is 4.58. The average Bonchev–Trinajstić information content (AvgIpc) is 2.87. The van der Waals surface area contributed by atoms with E-state index in [1.165, 1.54) is 70.6 Å². The van der Waals surface area contributed by atoms with Crippen LogP contribution in [0.3, 0.4) is 0 Å². The summed E-state index contributed by atoms with van der Waals surface area (Å²) in [6.07, 6.45) is 20.9. The number of aromatic nitrogens is 1. The second-order valence-corrected chi connectivity index (χ2v) is 9.90. The predicted octanol–water partition coefficient (Wildman–Crippen LogP) is 4.98. The summed E-state index contributed by atoms with van der Waals surface area (Å²) in [6, 6.07) is 11.5. The number of nitrogens with zero attached hydrogens (tertiary/aromatic N) is 1. The highest BCUT2D eigenvalue weighted by molar-refractivity contribution is 6.32. The van der Waals surface area contributed by atoms with Gasteiger partial charge in [-0.25, -0.2) is 0 Å². The third-order valence-electron chi connectivity index (χ3n) is 6.43. The fourth-order valence-electron chi connectivity index (χ4n) is 4.33. The van der Waals surface area contributed by atoms with Crippen molar-refractivity contribution in [2.24, 2.45) is 0 Å². The number of nitrogens with one attached hydrogen (secondary N) is 1. The summed E-state index contributed by atoms with van der Waals surface area (Å²) in [6.45, 7) is 5.01. The molecule has 4 nitrogen and oxygen atoms in total. The number of halogens is 2. The number of benzene rings is 1. The molecule has 0 aliphatic rings. The van der Waals surface area contributed by atoms with E-state index in [2.05, 4.69) is 19.2 Å². The standard InChI is InChI=1S/C30H45ClN2O2.HI/c1-3-5-6-7-8-9-10-11-12-13-14-18-23-35-28-20-19-26(24-27(28)31)25-30(34)32-29(4-2)33-21-16-15-17-22-33;/h15-17,19-22,24,29H,3-14,18,23,25H2,1-2H3;1H. The molecule has 1 heterocycles. The van der Waals surface area contributed by atoms with Crippen molar-refractivity contribution in [3.63, 3.8) is 0 Å². The van der Waals surface area contributed by atoms with E-state index in [0.717, 1.165) is 18.4 Å². The normalized spacial score (nSPS) is 11.5. The highest BCUT2D eigenvalue weighted by atomic mass is 127. The number of unbranched alkanes of at least 4 members (excludes halogenated alkanes) is 11. The first kappa shape index (κ1) is 32.7. The summed E-state index contributed by atoms with van der Waals surface area (Å²) in [5.74, 6) is 0.680. The number of carbonyl (C=O) groups excluding carboxylic acids is 1. The zero-order chi connectivity index (χ0) is 25.1. The van der Waals surface area contributed by atoms with Gasteiger partial charge in [0.05, 0.1) is 18.1 Å². The largest absolute Gasteiger partial charge is 1.00 e. The van der Waals surface area contributed by atoms with Crippen molar-refractivity contribution < 1.29 is 38.1 Å². The van der Waals surface area contributed by atoms with E-state index in [9.17, 15) is 4.79 Å². The third kappa shape index (κ3) is 13.8. The average molecular weight is 629 g/mol. The van der Waals surface area contributed by atoms with Crippen LogP contribution in [-0.2, 0) is 11.2 Å². The van der Waals surface area contributed by atoms with Crippen LogP contribution < -0.4 is 38.6 Å². The molecule has 6 heteroatoms. The van der Waals surface area contributed by atoms with E-state index in [1.54, 1.807) is 0 Å². The summed E-state index contributed by atoms with van der Waals surface area (Å²) in [4.78, 5) is 12.6. The van der Waals surface area contributed by atoms with Crippen molar-refractivity contribution >= 4 is 17.5 Å². The SMILES string of the molecule is CCCCCCCCCCCCCCOc1ccc(CC(=O)NC(CC)[n+]2ccccc2)cc1Cl.[I-]. The first-order valence-electron chi connectivity index (χ1n) is 13.8. The zero-order valence-electron chi connectivity index (χ0n) is 22.3. The number of carbonyl (C=O) groups is 1. The molecule has 0 aliphatic heterocycles. The molecule has 202 valence electrons. The van der Waals surface area contributed by atoms with Crippen LogP contribution in [0.15, 0.2) is 48.8 Å². The predicted molar refractivity (Wildman–Crippen MR) is 146 cm³/mol. The van der Waals surface area contributed by atoms with Crippen LogP contribution in [0.4, 0.5) is 0 Å². The van der Waals surface area contributed by atoms with Gasteiger partial charge in [0.1, 0.15) is 5.75 Å².